The number of nitrogens with two attached hydrogens (primary N) is 1. The van der Waals surface area contributed by atoms with Crippen molar-refractivity contribution in [1.82, 2.24) is 0 Å². The summed E-state index contributed by atoms with van der Waals surface area (Å²) in [4.78, 5) is 0. The second kappa shape index (κ2) is 4.51. The number of aliphatic hydroxyl groups is 1. The van der Waals surface area contributed by atoms with Crippen molar-refractivity contribution in [3.05, 3.63) is 33.8 Å². The first-order valence-electron chi connectivity index (χ1n) is 4.09. The zero-order chi connectivity index (χ0) is 11.6. The average molecular weight is 284 g/mol. The van der Waals surface area contributed by atoms with Gasteiger partial charge in [-0.05, 0) is 17.7 Å². The van der Waals surface area contributed by atoms with Crippen LogP contribution in [0.25, 0.3) is 0 Å². The Morgan fingerprint density at radius 2 is 2.00 bits per heavy atom. The summed E-state index contributed by atoms with van der Waals surface area (Å²) < 4.78 is 37.4. The van der Waals surface area contributed by atoms with Gasteiger partial charge in [0.05, 0.1) is 18.2 Å². The molecule has 2 nitrogen and oxygen atoms in total. The maximum atomic E-state index is 12.5. The smallest absolute Gasteiger partial charge is 0.394 e. The maximum absolute atomic E-state index is 12.5. The summed E-state index contributed by atoms with van der Waals surface area (Å²) in [6, 6.07) is 2.86. The Hall–Kier alpha value is -0.590. The number of aliphatic hydroxyl groups excluding tert-OH is 1. The standard InChI is InChI=1S/C9H9BrF3NO/c10-7-2-1-5(8(14)4-15)3-6(7)9(11,12)13/h1-3,8,15H,4,14H2/t8-/m1/s1. The lowest BCUT2D eigenvalue weighted by Crippen LogP contribution is -2.16. The van der Waals surface area contributed by atoms with Gasteiger partial charge in [-0.25, -0.2) is 0 Å². The quantitative estimate of drug-likeness (QED) is 0.876. The molecule has 0 unspecified atom stereocenters. The SMILES string of the molecule is N[C@H](CO)c1ccc(Br)c(C(F)(F)F)c1. The molecule has 1 aromatic carbocycles. The van der Waals surface area contributed by atoms with E-state index in [2.05, 4.69) is 15.9 Å². The molecule has 0 spiro atoms. The Balaban J connectivity index is 3.17. The molecule has 0 saturated heterocycles. The van der Waals surface area contributed by atoms with Crippen molar-refractivity contribution in [2.75, 3.05) is 6.61 Å². The largest absolute Gasteiger partial charge is 0.417 e. The van der Waals surface area contributed by atoms with Gasteiger partial charge in [0, 0.05) is 4.47 Å². The van der Waals surface area contributed by atoms with E-state index in [9.17, 15) is 13.2 Å². The van der Waals surface area contributed by atoms with E-state index in [4.69, 9.17) is 10.8 Å². The van der Waals surface area contributed by atoms with Crippen LogP contribution < -0.4 is 5.73 Å². The molecule has 0 saturated carbocycles. The lowest BCUT2D eigenvalue weighted by atomic mass is 10.1. The number of alkyl halides is 3. The Labute approximate surface area is 93.0 Å². The minimum Gasteiger partial charge on any atom is -0.394 e. The van der Waals surface area contributed by atoms with Crippen LogP contribution in [0.3, 0.4) is 0 Å². The first-order valence-corrected chi connectivity index (χ1v) is 4.88. The summed E-state index contributed by atoms with van der Waals surface area (Å²) >= 11 is 2.81. The highest BCUT2D eigenvalue weighted by Gasteiger charge is 2.33. The van der Waals surface area contributed by atoms with Crippen molar-refractivity contribution in [1.29, 1.82) is 0 Å². The third-order valence-electron chi connectivity index (χ3n) is 1.92. The molecule has 0 aliphatic heterocycles. The van der Waals surface area contributed by atoms with Gasteiger partial charge in [-0.15, -0.1) is 0 Å². The van der Waals surface area contributed by atoms with E-state index < -0.39 is 17.8 Å². The van der Waals surface area contributed by atoms with Crippen LogP contribution in [0, 0.1) is 0 Å². The molecule has 1 rings (SSSR count). The van der Waals surface area contributed by atoms with Crippen LogP contribution in [0.5, 0.6) is 0 Å². The number of halogens is 4. The van der Waals surface area contributed by atoms with Gasteiger partial charge in [0.25, 0.3) is 0 Å². The van der Waals surface area contributed by atoms with Crippen LogP contribution in [-0.4, -0.2) is 11.7 Å². The monoisotopic (exact) mass is 283 g/mol. The van der Waals surface area contributed by atoms with Crippen molar-refractivity contribution < 1.29 is 18.3 Å². The molecule has 0 aliphatic rings. The second-order valence-electron chi connectivity index (χ2n) is 3.03. The van der Waals surface area contributed by atoms with E-state index in [1.54, 1.807) is 0 Å². The van der Waals surface area contributed by atoms with Gasteiger partial charge in [-0.1, -0.05) is 22.0 Å². The zero-order valence-electron chi connectivity index (χ0n) is 7.55. The highest BCUT2D eigenvalue weighted by Crippen LogP contribution is 2.35. The number of hydrogen-bond donors (Lipinski definition) is 2. The van der Waals surface area contributed by atoms with Crippen molar-refractivity contribution in [3.8, 4) is 0 Å². The number of hydrogen-bond acceptors (Lipinski definition) is 2. The molecule has 0 fully saturated rings. The predicted molar refractivity (Wildman–Crippen MR) is 53.2 cm³/mol. The molecule has 0 amide bonds. The van der Waals surface area contributed by atoms with Gasteiger partial charge >= 0.3 is 6.18 Å². The first kappa shape index (κ1) is 12.5. The van der Waals surface area contributed by atoms with Gasteiger partial charge in [-0.3, -0.25) is 0 Å². The lowest BCUT2D eigenvalue weighted by Gasteiger charge is -2.13. The molecule has 0 heterocycles. The molecular formula is C9H9BrF3NO. The van der Waals surface area contributed by atoms with Crippen molar-refractivity contribution in [2.24, 2.45) is 5.73 Å². The summed E-state index contributed by atoms with van der Waals surface area (Å²) in [6.45, 7) is -0.390. The molecule has 1 aromatic rings. The van der Waals surface area contributed by atoms with Crippen molar-refractivity contribution >= 4 is 15.9 Å². The van der Waals surface area contributed by atoms with Crippen LogP contribution in [0.15, 0.2) is 22.7 Å². The molecule has 0 aromatic heterocycles. The molecule has 6 heteroatoms. The molecule has 84 valence electrons. The van der Waals surface area contributed by atoms with Gasteiger partial charge in [0.1, 0.15) is 0 Å². The van der Waals surface area contributed by atoms with E-state index >= 15 is 0 Å². The molecule has 0 bridgehead atoms. The fraction of sp³-hybridized carbons (Fsp3) is 0.333. The molecule has 0 radical (unpaired) electrons. The molecule has 0 aliphatic carbocycles. The predicted octanol–water partition coefficient (Wildman–Crippen LogP) is 2.46. The average Bonchev–Trinajstić information content (AvgIpc) is 2.15. The first-order chi connectivity index (χ1) is 6.86. The molecule has 1 atom stereocenters. The maximum Gasteiger partial charge on any atom is 0.417 e. The third-order valence-corrected chi connectivity index (χ3v) is 2.61. The molecule has 3 N–H and O–H groups in total. The minimum absolute atomic E-state index is 0.0381. The van der Waals surface area contributed by atoms with Gasteiger partial charge in [0.2, 0.25) is 0 Å². The topological polar surface area (TPSA) is 46.2 Å². The fourth-order valence-electron chi connectivity index (χ4n) is 1.10. The molecule has 15 heavy (non-hydrogen) atoms. The third kappa shape index (κ3) is 2.93. The van der Waals surface area contributed by atoms with Crippen LogP contribution in [0.2, 0.25) is 0 Å². The van der Waals surface area contributed by atoms with Crippen LogP contribution in [-0.2, 0) is 6.18 Å². The van der Waals surface area contributed by atoms with Crippen LogP contribution >= 0.6 is 15.9 Å². The number of rotatable bonds is 2. The van der Waals surface area contributed by atoms with E-state index in [1.165, 1.54) is 12.1 Å². The van der Waals surface area contributed by atoms with Crippen molar-refractivity contribution in [3.63, 3.8) is 0 Å². The summed E-state index contributed by atoms with van der Waals surface area (Å²) in [7, 11) is 0. The highest BCUT2D eigenvalue weighted by atomic mass is 79.9. The normalized spacial score (nSPS) is 14.0. The fourth-order valence-corrected chi connectivity index (χ4v) is 1.57. The Kier molecular flexibility index (Phi) is 3.75. The Morgan fingerprint density at radius 3 is 2.47 bits per heavy atom. The number of benzene rings is 1. The van der Waals surface area contributed by atoms with E-state index in [-0.39, 0.29) is 16.6 Å². The summed E-state index contributed by atoms with van der Waals surface area (Å²) in [5.41, 5.74) is 4.89. The summed E-state index contributed by atoms with van der Waals surface area (Å²) in [5.74, 6) is 0. The van der Waals surface area contributed by atoms with E-state index in [0.29, 0.717) is 0 Å². The van der Waals surface area contributed by atoms with Crippen molar-refractivity contribution in [2.45, 2.75) is 12.2 Å². The molecular weight excluding hydrogens is 275 g/mol. The van der Waals surface area contributed by atoms with E-state index in [0.717, 1.165) is 6.07 Å². The Morgan fingerprint density at radius 1 is 1.40 bits per heavy atom. The van der Waals surface area contributed by atoms with Crippen LogP contribution in [0.1, 0.15) is 17.2 Å². The van der Waals surface area contributed by atoms with E-state index in [1.807, 2.05) is 0 Å². The minimum atomic E-state index is -4.43. The zero-order valence-corrected chi connectivity index (χ0v) is 9.14. The van der Waals surface area contributed by atoms with Crippen LogP contribution in [0.4, 0.5) is 13.2 Å². The lowest BCUT2D eigenvalue weighted by molar-refractivity contribution is -0.138. The summed E-state index contributed by atoms with van der Waals surface area (Å²) in [6.07, 6.45) is -4.43. The second-order valence-corrected chi connectivity index (χ2v) is 3.88. The van der Waals surface area contributed by atoms with Gasteiger partial charge in [0.15, 0.2) is 0 Å². The Bertz CT molecular complexity index is 354. The van der Waals surface area contributed by atoms with Gasteiger partial charge < -0.3 is 10.8 Å². The summed E-state index contributed by atoms with van der Waals surface area (Å²) in [5, 5.41) is 8.73. The van der Waals surface area contributed by atoms with Gasteiger partial charge in [-0.2, -0.15) is 13.2 Å². The highest BCUT2D eigenvalue weighted by molar-refractivity contribution is 9.10.